The minimum Gasteiger partial charge on any atom is -0.507 e. The second-order valence-corrected chi connectivity index (χ2v) is 5.11. The Bertz CT molecular complexity index is 737. The number of thiazole rings is 1. The van der Waals surface area contributed by atoms with Crippen molar-refractivity contribution in [2.24, 2.45) is 0 Å². The second kappa shape index (κ2) is 5.35. The lowest BCUT2D eigenvalue weighted by molar-refractivity contribution is 0.416. The van der Waals surface area contributed by atoms with Crippen LogP contribution < -0.4 is 4.74 Å². The van der Waals surface area contributed by atoms with E-state index in [1.165, 1.54) is 11.3 Å². The summed E-state index contributed by atoms with van der Waals surface area (Å²) < 4.78 is 5.35. The summed E-state index contributed by atoms with van der Waals surface area (Å²) in [6, 6.07) is 15.0. The zero-order chi connectivity index (χ0) is 13.9. The summed E-state index contributed by atoms with van der Waals surface area (Å²) in [5.74, 6) is 1.04. The molecule has 0 aliphatic rings. The summed E-state index contributed by atoms with van der Waals surface area (Å²) in [6.07, 6.45) is 0. The van der Waals surface area contributed by atoms with Crippen molar-refractivity contribution in [3.63, 3.8) is 0 Å². The molecule has 3 aromatic rings. The van der Waals surface area contributed by atoms with Crippen LogP contribution in [0.5, 0.6) is 11.5 Å². The third-order valence-corrected chi connectivity index (χ3v) is 3.90. The Labute approximate surface area is 121 Å². The number of phenols is 1. The standard InChI is InChI=1S/C16H13NO2S/c1-19-15-9-5-3-6-11(15)13-10-20-16(17-13)12-7-2-4-8-14(12)18/h2-10,18H,1H3. The predicted octanol–water partition coefficient (Wildman–Crippen LogP) is 4.19. The van der Waals surface area contributed by atoms with Gasteiger partial charge in [-0.25, -0.2) is 4.98 Å². The molecule has 0 saturated carbocycles. The molecule has 20 heavy (non-hydrogen) atoms. The van der Waals surface area contributed by atoms with Gasteiger partial charge in [0.2, 0.25) is 0 Å². The fourth-order valence-electron chi connectivity index (χ4n) is 2.03. The summed E-state index contributed by atoms with van der Waals surface area (Å²) in [7, 11) is 1.65. The van der Waals surface area contributed by atoms with Gasteiger partial charge in [-0.3, -0.25) is 0 Å². The number of aromatic nitrogens is 1. The van der Waals surface area contributed by atoms with Gasteiger partial charge in [-0.1, -0.05) is 24.3 Å². The van der Waals surface area contributed by atoms with Crippen LogP contribution in [-0.4, -0.2) is 17.2 Å². The van der Waals surface area contributed by atoms with E-state index in [-0.39, 0.29) is 5.75 Å². The highest BCUT2D eigenvalue weighted by molar-refractivity contribution is 7.13. The Morgan fingerprint density at radius 2 is 1.70 bits per heavy atom. The number of hydrogen-bond acceptors (Lipinski definition) is 4. The molecule has 0 aliphatic carbocycles. The molecule has 100 valence electrons. The zero-order valence-corrected chi connectivity index (χ0v) is 11.7. The number of rotatable bonds is 3. The van der Waals surface area contributed by atoms with E-state index in [1.807, 2.05) is 41.8 Å². The molecular formula is C16H13NO2S. The van der Waals surface area contributed by atoms with Gasteiger partial charge in [0.25, 0.3) is 0 Å². The lowest BCUT2D eigenvalue weighted by Crippen LogP contribution is -1.87. The number of aromatic hydroxyl groups is 1. The van der Waals surface area contributed by atoms with Crippen molar-refractivity contribution in [1.82, 2.24) is 4.98 Å². The monoisotopic (exact) mass is 283 g/mol. The van der Waals surface area contributed by atoms with Gasteiger partial charge in [-0.05, 0) is 24.3 Å². The van der Waals surface area contributed by atoms with Gasteiger partial charge in [-0.2, -0.15) is 0 Å². The van der Waals surface area contributed by atoms with Gasteiger partial charge in [0, 0.05) is 10.9 Å². The topological polar surface area (TPSA) is 42.4 Å². The molecular weight excluding hydrogens is 270 g/mol. The summed E-state index contributed by atoms with van der Waals surface area (Å²) in [5, 5.41) is 12.7. The number of hydrogen-bond donors (Lipinski definition) is 1. The van der Waals surface area contributed by atoms with E-state index in [0.29, 0.717) is 0 Å². The predicted molar refractivity (Wildman–Crippen MR) is 81.2 cm³/mol. The minimum absolute atomic E-state index is 0.244. The molecule has 0 unspecified atom stereocenters. The molecule has 0 radical (unpaired) electrons. The third kappa shape index (κ3) is 2.26. The molecule has 0 bridgehead atoms. The van der Waals surface area contributed by atoms with Gasteiger partial charge in [0.05, 0.1) is 18.4 Å². The second-order valence-electron chi connectivity index (χ2n) is 4.26. The SMILES string of the molecule is COc1ccccc1-c1csc(-c2ccccc2O)n1. The van der Waals surface area contributed by atoms with E-state index < -0.39 is 0 Å². The molecule has 4 heteroatoms. The molecule has 0 atom stereocenters. The zero-order valence-electron chi connectivity index (χ0n) is 10.9. The molecule has 0 fully saturated rings. The van der Waals surface area contributed by atoms with E-state index in [2.05, 4.69) is 4.98 Å². The fraction of sp³-hybridized carbons (Fsp3) is 0.0625. The van der Waals surface area contributed by atoms with Crippen molar-refractivity contribution in [2.75, 3.05) is 7.11 Å². The van der Waals surface area contributed by atoms with Gasteiger partial charge >= 0.3 is 0 Å². The summed E-state index contributed by atoms with van der Waals surface area (Å²) >= 11 is 1.50. The fourth-order valence-corrected chi connectivity index (χ4v) is 2.89. The van der Waals surface area contributed by atoms with E-state index >= 15 is 0 Å². The first-order valence-electron chi connectivity index (χ1n) is 6.17. The highest BCUT2D eigenvalue weighted by atomic mass is 32.1. The smallest absolute Gasteiger partial charge is 0.128 e. The first-order chi connectivity index (χ1) is 9.79. The van der Waals surface area contributed by atoms with Crippen LogP contribution in [0.2, 0.25) is 0 Å². The maximum atomic E-state index is 9.89. The molecule has 3 nitrogen and oxygen atoms in total. The lowest BCUT2D eigenvalue weighted by Gasteiger charge is -2.05. The van der Waals surface area contributed by atoms with Crippen LogP contribution in [0.3, 0.4) is 0 Å². The van der Waals surface area contributed by atoms with Gasteiger partial charge in [0.1, 0.15) is 16.5 Å². The highest BCUT2D eigenvalue weighted by Gasteiger charge is 2.12. The van der Waals surface area contributed by atoms with Crippen LogP contribution in [0.1, 0.15) is 0 Å². The molecule has 2 aromatic carbocycles. The number of benzene rings is 2. The third-order valence-electron chi connectivity index (χ3n) is 3.02. The molecule has 0 spiro atoms. The van der Waals surface area contributed by atoms with Crippen molar-refractivity contribution in [1.29, 1.82) is 0 Å². The van der Waals surface area contributed by atoms with Crippen molar-refractivity contribution in [3.8, 4) is 33.3 Å². The number of nitrogens with zero attached hydrogens (tertiary/aromatic N) is 1. The van der Waals surface area contributed by atoms with Crippen molar-refractivity contribution >= 4 is 11.3 Å². The molecule has 0 amide bonds. The molecule has 0 saturated heterocycles. The summed E-state index contributed by atoms with van der Waals surface area (Å²) in [6.45, 7) is 0. The van der Waals surface area contributed by atoms with Gasteiger partial charge in [-0.15, -0.1) is 11.3 Å². The first-order valence-corrected chi connectivity index (χ1v) is 7.05. The average molecular weight is 283 g/mol. The van der Waals surface area contributed by atoms with E-state index in [9.17, 15) is 5.11 Å². The van der Waals surface area contributed by atoms with Crippen LogP contribution in [0, 0.1) is 0 Å². The van der Waals surface area contributed by atoms with Crippen LogP contribution >= 0.6 is 11.3 Å². The minimum atomic E-state index is 0.244. The van der Waals surface area contributed by atoms with E-state index in [0.717, 1.165) is 27.6 Å². The number of para-hydroxylation sites is 2. The molecule has 1 heterocycles. The van der Waals surface area contributed by atoms with Gasteiger partial charge in [0.15, 0.2) is 0 Å². The highest BCUT2D eigenvalue weighted by Crippen LogP contribution is 2.36. The largest absolute Gasteiger partial charge is 0.507 e. The Kier molecular flexibility index (Phi) is 3.39. The molecule has 3 rings (SSSR count). The molecule has 1 aromatic heterocycles. The van der Waals surface area contributed by atoms with Gasteiger partial charge < -0.3 is 9.84 Å². The van der Waals surface area contributed by atoms with E-state index in [4.69, 9.17) is 4.74 Å². The quantitative estimate of drug-likeness (QED) is 0.783. The van der Waals surface area contributed by atoms with Crippen molar-refractivity contribution in [3.05, 3.63) is 53.9 Å². The van der Waals surface area contributed by atoms with E-state index in [1.54, 1.807) is 19.2 Å². The summed E-state index contributed by atoms with van der Waals surface area (Å²) in [4.78, 5) is 4.60. The number of ether oxygens (including phenoxy) is 1. The normalized spacial score (nSPS) is 10.4. The Hall–Kier alpha value is -2.33. The van der Waals surface area contributed by atoms with Crippen LogP contribution in [0.15, 0.2) is 53.9 Å². The van der Waals surface area contributed by atoms with Crippen LogP contribution in [0.4, 0.5) is 0 Å². The van der Waals surface area contributed by atoms with Crippen LogP contribution in [-0.2, 0) is 0 Å². The molecule has 1 N–H and O–H groups in total. The van der Waals surface area contributed by atoms with Crippen LogP contribution in [0.25, 0.3) is 21.8 Å². The van der Waals surface area contributed by atoms with Crippen molar-refractivity contribution in [2.45, 2.75) is 0 Å². The average Bonchev–Trinajstić information content (AvgIpc) is 2.97. The lowest BCUT2D eigenvalue weighted by atomic mass is 10.1. The number of phenolic OH excluding ortho intramolecular Hbond substituents is 1. The maximum Gasteiger partial charge on any atom is 0.128 e. The van der Waals surface area contributed by atoms with Crippen molar-refractivity contribution < 1.29 is 9.84 Å². The number of methoxy groups -OCH3 is 1. The summed E-state index contributed by atoms with van der Waals surface area (Å²) in [5.41, 5.74) is 2.55. The molecule has 0 aliphatic heterocycles. The Morgan fingerprint density at radius 3 is 2.45 bits per heavy atom. The first kappa shape index (κ1) is 12.7. The Morgan fingerprint density at radius 1 is 1.00 bits per heavy atom. The Balaban J connectivity index is 2.05. The maximum absolute atomic E-state index is 9.89.